The topological polar surface area (TPSA) is 58.6 Å². The Kier molecular flexibility index (Phi) is 5.92. The Hall–Kier alpha value is -1.64. The largest absolute Gasteiger partial charge is 0.516 e. The van der Waals surface area contributed by atoms with Gasteiger partial charge in [0.15, 0.2) is 0 Å². The smallest absolute Gasteiger partial charge is 0.492 e. The SMILES string of the molecule is CCOc1ccc(NS(=O)(=O)C(F)(F)F)cc1N(CC)CC. The van der Waals surface area contributed by atoms with Gasteiger partial charge >= 0.3 is 15.5 Å². The van der Waals surface area contributed by atoms with Crippen molar-refractivity contribution in [3.05, 3.63) is 18.2 Å². The van der Waals surface area contributed by atoms with E-state index in [0.29, 0.717) is 31.1 Å². The normalized spacial score (nSPS) is 12.1. The number of anilines is 2. The van der Waals surface area contributed by atoms with Crippen molar-refractivity contribution in [3.8, 4) is 5.75 Å². The van der Waals surface area contributed by atoms with Crippen LogP contribution in [0.3, 0.4) is 0 Å². The third kappa shape index (κ3) is 4.19. The monoisotopic (exact) mass is 340 g/mol. The van der Waals surface area contributed by atoms with Crippen molar-refractivity contribution >= 4 is 21.4 Å². The number of halogens is 3. The zero-order chi connectivity index (χ0) is 17.0. The number of hydrogen-bond acceptors (Lipinski definition) is 4. The van der Waals surface area contributed by atoms with Crippen molar-refractivity contribution in [1.82, 2.24) is 0 Å². The molecule has 0 aliphatic rings. The molecule has 0 saturated carbocycles. The molecule has 0 radical (unpaired) electrons. The maximum Gasteiger partial charge on any atom is 0.516 e. The van der Waals surface area contributed by atoms with Gasteiger partial charge in [-0.3, -0.25) is 4.72 Å². The predicted molar refractivity (Wildman–Crippen MR) is 79.8 cm³/mol. The van der Waals surface area contributed by atoms with Gasteiger partial charge in [-0.15, -0.1) is 0 Å². The molecular weight excluding hydrogens is 321 g/mol. The summed E-state index contributed by atoms with van der Waals surface area (Å²) in [5.74, 6) is 0.487. The van der Waals surface area contributed by atoms with Crippen LogP contribution in [0.15, 0.2) is 18.2 Å². The van der Waals surface area contributed by atoms with Gasteiger partial charge in [0.1, 0.15) is 5.75 Å². The van der Waals surface area contributed by atoms with Crippen LogP contribution in [0.2, 0.25) is 0 Å². The average molecular weight is 340 g/mol. The number of nitrogens with one attached hydrogen (secondary N) is 1. The van der Waals surface area contributed by atoms with E-state index in [1.165, 1.54) is 22.9 Å². The summed E-state index contributed by atoms with van der Waals surface area (Å²) in [5.41, 5.74) is -4.99. The molecule has 9 heteroatoms. The lowest BCUT2D eigenvalue weighted by atomic mass is 10.2. The van der Waals surface area contributed by atoms with E-state index in [1.807, 2.05) is 18.7 Å². The fourth-order valence-electron chi connectivity index (χ4n) is 1.88. The van der Waals surface area contributed by atoms with Gasteiger partial charge in [0.2, 0.25) is 0 Å². The summed E-state index contributed by atoms with van der Waals surface area (Å²) >= 11 is 0. The summed E-state index contributed by atoms with van der Waals surface area (Å²) in [6.07, 6.45) is 0. The van der Waals surface area contributed by atoms with E-state index in [4.69, 9.17) is 4.74 Å². The van der Waals surface area contributed by atoms with Crippen LogP contribution >= 0.6 is 0 Å². The number of alkyl halides is 3. The third-order valence-electron chi connectivity index (χ3n) is 2.92. The summed E-state index contributed by atoms with van der Waals surface area (Å²) in [4.78, 5) is 1.86. The molecule has 0 amide bonds. The molecule has 1 N–H and O–H groups in total. The number of benzene rings is 1. The number of sulfonamides is 1. The quantitative estimate of drug-likeness (QED) is 0.828. The Morgan fingerprint density at radius 1 is 1.18 bits per heavy atom. The summed E-state index contributed by atoms with van der Waals surface area (Å²) in [7, 11) is -5.44. The molecule has 0 saturated heterocycles. The molecule has 1 rings (SSSR count). The van der Waals surface area contributed by atoms with Crippen LogP contribution in [0.4, 0.5) is 24.5 Å². The van der Waals surface area contributed by atoms with Gasteiger partial charge in [-0.2, -0.15) is 21.6 Å². The third-order valence-corrected chi connectivity index (χ3v) is 4.03. The number of nitrogens with zero attached hydrogens (tertiary/aromatic N) is 1. The van der Waals surface area contributed by atoms with E-state index in [0.717, 1.165) is 0 Å². The van der Waals surface area contributed by atoms with Crippen LogP contribution in [-0.4, -0.2) is 33.6 Å². The van der Waals surface area contributed by atoms with Crippen molar-refractivity contribution in [3.63, 3.8) is 0 Å². The lowest BCUT2D eigenvalue weighted by Crippen LogP contribution is -2.30. The second-order valence-corrected chi connectivity index (χ2v) is 6.01. The van der Waals surface area contributed by atoms with E-state index in [9.17, 15) is 21.6 Å². The van der Waals surface area contributed by atoms with Crippen LogP contribution in [-0.2, 0) is 10.0 Å². The fraction of sp³-hybridized carbons (Fsp3) is 0.538. The standard InChI is InChI=1S/C13H19F3N2O3S/c1-4-18(5-2)11-9-10(7-8-12(11)21-6-3)17-22(19,20)13(14,15)16/h7-9,17H,4-6H2,1-3H3. The van der Waals surface area contributed by atoms with Crippen LogP contribution in [0, 0.1) is 0 Å². The molecule has 0 atom stereocenters. The van der Waals surface area contributed by atoms with Gasteiger partial charge in [-0.05, 0) is 39.0 Å². The van der Waals surface area contributed by atoms with Crippen molar-refractivity contribution in [2.75, 3.05) is 29.3 Å². The zero-order valence-electron chi connectivity index (χ0n) is 12.6. The second kappa shape index (κ2) is 7.08. The highest BCUT2D eigenvalue weighted by Gasteiger charge is 2.46. The van der Waals surface area contributed by atoms with Crippen molar-refractivity contribution in [2.24, 2.45) is 0 Å². The molecule has 0 aliphatic carbocycles. The van der Waals surface area contributed by atoms with E-state index in [1.54, 1.807) is 6.92 Å². The molecule has 0 heterocycles. The second-order valence-electron chi connectivity index (χ2n) is 4.34. The number of rotatable bonds is 7. The van der Waals surface area contributed by atoms with Crippen molar-refractivity contribution in [2.45, 2.75) is 26.3 Å². The Labute approximate surface area is 128 Å². The highest BCUT2D eigenvalue weighted by Crippen LogP contribution is 2.33. The lowest BCUT2D eigenvalue weighted by Gasteiger charge is -2.24. The molecule has 0 aromatic heterocycles. The average Bonchev–Trinajstić information content (AvgIpc) is 2.41. The first kappa shape index (κ1) is 18.4. The first-order valence-electron chi connectivity index (χ1n) is 6.77. The molecule has 1 aromatic rings. The fourth-order valence-corrected chi connectivity index (χ4v) is 2.44. The summed E-state index contributed by atoms with van der Waals surface area (Å²) in [5, 5.41) is 0. The number of hydrogen-bond donors (Lipinski definition) is 1. The van der Waals surface area contributed by atoms with Gasteiger partial charge in [0.25, 0.3) is 0 Å². The molecular formula is C13H19F3N2O3S. The minimum absolute atomic E-state index is 0.164. The van der Waals surface area contributed by atoms with Gasteiger partial charge in [0.05, 0.1) is 18.0 Å². The molecule has 1 aromatic carbocycles. The van der Waals surface area contributed by atoms with Gasteiger partial charge in [-0.25, -0.2) is 0 Å². The first-order valence-corrected chi connectivity index (χ1v) is 8.25. The Morgan fingerprint density at radius 2 is 1.77 bits per heavy atom. The van der Waals surface area contributed by atoms with E-state index >= 15 is 0 Å². The minimum Gasteiger partial charge on any atom is -0.492 e. The maximum atomic E-state index is 12.4. The van der Waals surface area contributed by atoms with Crippen molar-refractivity contribution < 1.29 is 26.3 Å². The molecule has 0 bridgehead atoms. The van der Waals surface area contributed by atoms with Crippen LogP contribution in [0.1, 0.15) is 20.8 Å². The maximum absolute atomic E-state index is 12.4. The van der Waals surface area contributed by atoms with Crippen LogP contribution in [0.25, 0.3) is 0 Å². The summed E-state index contributed by atoms with van der Waals surface area (Å²) in [6, 6.07) is 4.02. The Morgan fingerprint density at radius 3 is 2.23 bits per heavy atom. The first-order chi connectivity index (χ1) is 10.2. The lowest BCUT2D eigenvalue weighted by molar-refractivity contribution is -0.0429. The molecule has 0 aliphatic heterocycles. The molecule has 126 valence electrons. The highest BCUT2D eigenvalue weighted by molar-refractivity contribution is 7.93. The Balaban J connectivity index is 3.22. The van der Waals surface area contributed by atoms with E-state index in [-0.39, 0.29) is 5.69 Å². The molecule has 0 spiro atoms. The van der Waals surface area contributed by atoms with Gasteiger partial charge in [-0.1, -0.05) is 0 Å². The van der Waals surface area contributed by atoms with Crippen LogP contribution in [0.5, 0.6) is 5.75 Å². The molecule has 0 unspecified atom stereocenters. The van der Waals surface area contributed by atoms with E-state index < -0.39 is 15.5 Å². The molecule has 5 nitrogen and oxygen atoms in total. The van der Waals surface area contributed by atoms with E-state index in [2.05, 4.69) is 0 Å². The summed E-state index contributed by atoms with van der Waals surface area (Å²) in [6.45, 7) is 7.14. The minimum atomic E-state index is -5.44. The Bertz CT molecular complexity index is 599. The summed E-state index contributed by atoms with van der Waals surface area (Å²) < 4.78 is 66.6. The number of ether oxygens (including phenoxy) is 1. The van der Waals surface area contributed by atoms with Crippen LogP contribution < -0.4 is 14.4 Å². The van der Waals surface area contributed by atoms with Gasteiger partial charge < -0.3 is 9.64 Å². The molecule has 0 fully saturated rings. The zero-order valence-corrected chi connectivity index (χ0v) is 13.4. The van der Waals surface area contributed by atoms with Gasteiger partial charge in [0, 0.05) is 13.1 Å². The molecule has 22 heavy (non-hydrogen) atoms. The highest BCUT2D eigenvalue weighted by atomic mass is 32.2. The predicted octanol–water partition coefficient (Wildman–Crippen LogP) is 3.19. The van der Waals surface area contributed by atoms with Crippen molar-refractivity contribution in [1.29, 1.82) is 0 Å².